The van der Waals surface area contributed by atoms with Crippen LogP contribution in [0, 0.1) is 6.92 Å². The van der Waals surface area contributed by atoms with E-state index in [1.54, 1.807) is 18.3 Å². The first-order chi connectivity index (χ1) is 10.5. The zero-order chi connectivity index (χ0) is 15.7. The molecule has 22 heavy (non-hydrogen) atoms. The Bertz CT molecular complexity index is 781. The number of sulfonamides is 1. The number of para-hydroxylation sites is 1. The SMILES string of the molecule is Cc1cnc2c(S(=O)(=O)NC3CCC(N)CC3)cccc2c1. The zero-order valence-electron chi connectivity index (χ0n) is 12.6. The van der Waals surface area contributed by atoms with Crippen molar-refractivity contribution in [3.05, 3.63) is 36.0 Å². The number of nitrogens with two attached hydrogens (primary N) is 1. The molecule has 0 saturated heterocycles. The minimum Gasteiger partial charge on any atom is -0.328 e. The Morgan fingerprint density at radius 2 is 1.95 bits per heavy atom. The van der Waals surface area contributed by atoms with Gasteiger partial charge < -0.3 is 5.73 Å². The third-order valence-corrected chi connectivity index (χ3v) is 5.75. The third kappa shape index (κ3) is 3.14. The van der Waals surface area contributed by atoms with Gasteiger partial charge in [-0.1, -0.05) is 12.1 Å². The third-order valence-electron chi connectivity index (χ3n) is 4.19. The zero-order valence-corrected chi connectivity index (χ0v) is 13.4. The molecule has 6 heteroatoms. The van der Waals surface area contributed by atoms with Gasteiger partial charge in [0.15, 0.2) is 0 Å². The second-order valence-electron chi connectivity index (χ2n) is 6.07. The number of nitrogens with one attached hydrogen (secondary N) is 1. The summed E-state index contributed by atoms with van der Waals surface area (Å²) >= 11 is 0. The van der Waals surface area contributed by atoms with E-state index < -0.39 is 10.0 Å². The van der Waals surface area contributed by atoms with Gasteiger partial charge in [0, 0.05) is 23.7 Å². The van der Waals surface area contributed by atoms with Crippen molar-refractivity contribution in [1.29, 1.82) is 0 Å². The maximum Gasteiger partial charge on any atom is 0.242 e. The minimum atomic E-state index is -3.57. The van der Waals surface area contributed by atoms with Crippen molar-refractivity contribution < 1.29 is 8.42 Å². The Morgan fingerprint density at radius 3 is 2.68 bits per heavy atom. The first-order valence-electron chi connectivity index (χ1n) is 7.59. The number of rotatable bonds is 3. The van der Waals surface area contributed by atoms with E-state index in [4.69, 9.17) is 5.73 Å². The molecule has 0 bridgehead atoms. The predicted molar refractivity (Wildman–Crippen MR) is 87.0 cm³/mol. The summed E-state index contributed by atoms with van der Waals surface area (Å²) in [5.41, 5.74) is 7.40. The van der Waals surface area contributed by atoms with Crippen molar-refractivity contribution >= 4 is 20.9 Å². The summed E-state index contributed by atoms with van der Waals surface area (Å²) < 4.78 is 28.2. The molecule has 0 aliphatic heterocycles. The molecule has 1 aromatic carbocycles. The van der Waals surface area contributed by atoms with E-state index in [0.29, 0.717) is 5.52 Å². The van der Waals surface area contributed by atoms with E-state index in [1.807, 2.05) is 19.1 Å². The number of fused-ring (bicyclic) bond motifs is 1. The van der Waals surface area contributed by atoms with Gasteiger partial charge in [-0.3, -0.25) is 4.98 Å². The summed E-state index contributed by atoms with van der Waals surface area (Å²) in [5, 5.41) is 0.841. The van der Waals surface area contributed by atoms with Crippen LogP contribution in [0.25, 0.3) is 10.9 Å². The van der Waals surface area contributed by atoms with Crippen molar-refractivity contribution in [3.8, 4) is 0 Å². The van der Waals surface area contributed by atoms with E-state index in [2.05, 4.69) is 9.71 Å². The van der Waals surface area contributed by atoms with Crippen LogP contribution in [0.3, 0.4) is 0 Å². The lowest BCUT2D eigenvalue weighted by Crippen LogP contribution is -2.40. The summed E-state index contributed by atoms with van der Waals surface area (Å²) in [6.07, 6.45) is 5.00. The monoisotopic (exact) mass is 319 g/mol. The van der Waals surface area contributed by atoms with Gasteiger partial charge in [-0.15, -0.1) is 0 Å². The molecule has 3 rings (SSSR count). The van der Waals surface area contributed by atoms with Crippen LogP contribution in [-0.4, -0.2) is 25.5 Å². The number of nitrogens with zero attached hydrogens (tertiary/aromatic N) is 1. The Balaban J connectivity index is 1.92. The summed E-state index contributed by atoms with van der Waals surface area (Å²) in [4.78, 5) is 4.56. The van der Waals surface area contributed by atoms with Gasteiger partial charge in [-0.2, -0.15) is 0 Å². The van der Waals surface area contributed by atoms with Gasteiger partial charge in [0.1, 0.15) is 4.90 Å². The fraction of sp³-hybridized carbons (Fsp3) is 0.438. The molecule has 3 N–H and O–H groups in total. The molecule has 1 fully saturated rings. The first-order valence-corrected chi connectivity index (χ1v) is 9.07. The van der Waals surface area contributed by atoms with E-state index >= 15 is 0 Å². The second kappa shape index (κ2) is 5.95. The maximum absolute atomic E-state index is 12.7. The molecule has 1 heterocycles. The minimum absolute atomic E-state index is 0.0366. The summed E-state index contributed by atoms with van der Waals surface area (Å²) in [7, 11) is -3.57. The Morgan fingerprint density at radius 1 is 1.23 bits per heavy atom. The molecule has 0 atom stereocenters. The number of hydrogen-bond donors (Lipinski definition) is 2. The van der Waals surface area contributed by atoms with Crippen LogP contribution in [-0.2, 0) is 10.0 Å². The smallest absolute Gasteiger partial charge is 0.242 e. The van der Waals surface area contributed by atoms with Crippen LogP contribution in [0.1, 0.15) is 31.2 Å². The standard InChI is InChI=1S/C16H21N3O2S/c1-11-9-12-3-2-4-15(16(12)18-10-11)22(20,21)19-14-7-5-13(17)6-8-14/h2-4,9-10,13-14,19H,5-8,17H2,1H3. The van der Waals surface area contributed by atoms with Crippen LogP contribution in [0.5, 0.6) is 0 Å². The van der Waals surface area contributed by atoms with Crippen LogP contribution >= 0.6 is 0 Å². The first kappa shape index (κ1) is 15.4. The van der Waals surface area contributed by atoms with Crippen LogP contribution < -0.4 is 10.5 Å². The van der Waals surface area contributed by atoms with E-state index in [9.17, 15) is 8.42 Å². The van der Waals surface area contributed by atoms with Gasteiger partial charge in [-0.05, 0) is 50.3 Å². The Hall–Kier alpha value is -1.50. The van der Waals surface area contributed by atoms with E-state index in [-0.39, 0.29) is 17.0 Å². The van der Waals surface area contributed by atoms with Gasteiger partial charge in [0.05, 0.1) is 5.52 Å². The Labute approximate surface area is 131 Å². The van der Waals surface area contributed by atoms with Crippen molar-refractivity contribution in [3.63, 3.8) is 0 Å². The molecule has 2 aromatic rings. The molecular weight excluding hydrogens is 298 g/mol. The lowest BCUT2D eigenvalue weighted by Gasteiger charge is -2.26. The maximum atomic E-state index is 12.7. The molecule has 0 radical (unpaired) electrons. The van der Waals surface area contributed by atoms with Gasteiger partial charge in [-0.25, -0.2) is 13.1 Å². The molecule has 0 amide bonds. The van der Waals surface area contributed by atoms with E-state index in [0.717, 1.165) is 36.6 Å². The molecular formula is C16H21N3O2S. The number of benzene rings is 1. The number of pyridine rings is 1. The highest BCUT2D eigenvalue weighted by Gasteiger charge is 2.25. The fourth-order valence-electron chi connectivity index (χ4n) is 2.98. The van der Waals surface area contributed by atoms with Crippen molar-refractivity contribution in [2.24, 2.45) is 5.73 Å². The average Bonchev–Trinajstić information content (AvgIpc) is 2.48. The van der Waals surface area contributed by atoms with Crippen molar-refractivity contribution in [2.45, 2.75) is 49.6 Å². The number of aryl methyl sites for hydroxylation is 1. The highest BCUT2D eigenvalue weighted by molar-refractivity contribution is 7.89. The van der Waals surface area contributed by atoms with Crippen molar-refractivity contribution in [2.75, 3.05) is 0 Å². The van der Waals surface area contributed by atoms with Crippen molar-refractivity contribution in [1.82, 2.24) is 9.71 Å². The number of hydrogen-bond acceptors (Lipinski definition) is 4. The van der Waals surface area contributed by atoms with Gasteiger partial charge in [0.25, 0.3) is 0 Å². The van der Waals surface area contributed by atoms with Gasteiger partial charge in [0.2, 0.25) is 10.0 Å². The molecule has 5 nitrogen and oxygen atoms in total. The fourth-order valence-corrected chi connectivity index (χ4v) is 4.46. The molecule has 1 aliphatic carbocycles. The number of aromatic nitrogens is 1. The molecule has 1 aromatic heterocycles. The Kier molecular flexibility index (Phi) is 4.16. The summed E-state index contributed by atoms with van der Waals surface area (Å²) in [6, 6.07) is 7.36. The van der Waals surface area contributed by atoms with Gasteiger partial charge >= 0.3 is 0 Å². The topological polar surface area (TPSA) is 85.1 Å². The largest absolute Gasteiger partial charge is 0.328 e. The lowest BCUT2D eigenvalue weighted by atomic mass is 9.93. The normalized spacial score (nSPS) is 22.8. The van der Waals surface area contributed by atoms with E-state index in [1.165, 1.54) is 0 Å². The van der Waals surface area contributed by atoms with Crippen LogP contribution in [0.2, 0.25) is 0 Å². The second-order valence-corrected chi connectivity index (χ2v) is 7.76. The average molecular weight is 319 g/mol. The summed E-state index contributed by atoms with van der Waals surface area (Å²) in [5.74, 6) is 0. The quantitative estimate of drug-likeness (QED) is 0.907. The molecule has 1 saturated carbocycles. The molecule has 118 valence electrons. The predicted octanol–water partition coefficient (Wildman–Crippen LogP) is 2.09. The summed E-state index contributed by atoms with van der Waals surface area (Å²) in [6.45, 7) is 1.94. The van der Waals surface area contributed by atoms with Crippen LogP contribution in [0.15, 0.2) is 35.4 Å². The lowest BCUT2D eigenvalue weighted by molar-refractivity contribution is 0.373. The highest BCUT2D eigenvalue weighted by Crippen LogP contribution is 2.24. The molecule has 1 aliphatic rings. The highest BCUT2D eigenvalue weighted by atomic mass is 32.2. The molecule has 0 unspecified atom stereocenters. The molecule has 0 spiro atoms. The van der Waals surface area contributed by atoms with Crippen LogP contribution in [0.4, 0.5) is 0 Å².